The Hall–Kier alpha value is -1.08. The van der Waals surface area contributed by atoms with Gasteiger partial charge < -0.3 is 9.47 Å². The van der Waals surface area contributed by atoms with E-state index in [0.29, 0.717) is 18.4 Å². The first-order chi connectivity index (χ1) is 11.7. The van der Waals surface area contributed by atoms with Crippen molar-refractivity contribution in [3.8, 4) is 0 Å². The maximum Gasteiger partial charge on any atom is 0.236 e. The highest BCUT2D eigenvalue weighted by molar-refractivity contribution is 7.98. The Morgan fingerprint density at radius 1 is 1.12 bits per heavy atom. The largest absolute Gasteiger partial charge is 0.342 e. The summed E-state index contributed by atoms with van der Waals surface area (Å²) in [5.41, 5.74) is 0. The molecule has 0 bridgehead atoms. The summed E-state index contributed by atoms with van der Waals surface area (Å²) in [5, 5.41) is 9.62. The second-order valence-electron chi connectivity index (χ2n) is 6.97. The van der Waals surface area contributed by atoms with E-state index in [0.717, 1.165) is 62.8 Å². The monoisotopic (exact) mass is 351 g/mol. The molecule has 2 saturated heterocycles. The normalized spacial score (nSPS) is 23.2. The topological polar surface area (TPSA) is 54.3 Å². The fourth-order valence-corrected chi connectivity index (χ4v) is 4.37. The summed E-state index contributed by atoms with van der Waals surface area (Å²) < 4.78 is 2.11. The van der Waals surface area contributed by atoms with Crippen LogP contribution in [0.1, 0.15) is 50.3 Å². The summed E-state index contributed by atoms with van der Waals surface area (Å²) in [6, 6.07) is 0. The van der Waals surface area contributed by atoms with Gasteiger partial charge in [-0.15, -0.1) is 10.2 Å². The Balaban J connectivity index is 1.58. The maximum atomic E-state index is 12.6. The molecule has 2 aliphatic heterocycles. The van der Waals surface area contributed by atoms with Gasteiger partial charge in [-0.1, -0.05) is 24.6 Å². The molecule has 0 N–H and O–H groups in total. The lowest BCUT2D eigenvalue weighted by Crippen LogP contribution is -2.44. The van der Waals surface area contributed by atoms with Crippen molar-refractivity contribution in [1.82, 2.24) is 24.6 Å². The van der Waals surface area contributed by atoms with Crippen LogP contribution in [0, 0.1) is 0 Å². The number of carbonyl (C=O) groups excluding carboxylic acids is 1. The molecule has 3 heterocycles. The predicted molar refractivity (Wildman–Crippen MR) is 96.2 cm³/mol. The lowest BCUT2D eigenvalue weighted by molar-refractivity contribution is -0.132. The molecule has 0 saturated carbocycles. The quantitative estimate of drug-likeness (QED) is 0.778. The molecule has 134 valence electrons. The lowest BCUT2D eigenvalue weighted by atomic mass is 9.97. The van der Waals surface area contributed by atoms with Crippen LogP contribution < -0.4 is 0 Å². The van der Waals surface area contributed by atoms with E-state index in [1.54, 1.807) is 11.8 Å². The van der Waals surface area contributed by atoms with Crippen LogP contribution in [-0.4, -0.2) is 69.5 Å². The van der Waals surface area contributed by atoms with Crippen LogP contribution in [0.2, 0.25) is 0 Å². The van der Waals surface area contributed by atoms with Gasteiger partial charge in [-0.25, -0.2) is 0 Å². The van der Waals surface area contributed by atoms with Crippen LogP contribution >= 0.6 is 11.8 Å². The zero-order chi connectivity index (χ0) is 16.9. The summed E-state index contributed by atoms with van der Waals surface area (Å²) in [6.45, 7) is 4.37. The molecule has 0 unspecified atom stereocenters. The first-order valence-corrected chi connectivity index (χ1v) is 10.3. The Kier molecular flexibility index (Phi) is 6.16. The molecule has 7 heteroatoms. The van der Waals surface area contributed by atoms with Crippen molar-refractivity contribution in [2.24, 2.45) is 7.05 Å². The van der Waals surface area contributed by atoms with E-state index >= 15 is 0 Å². The lowest BCUT2D eigenvalue weighted by Gasteiger charge is -2.33. The summed E-state index contributed by atoms with van der Waals surface area (Å²) in [4.78, 5) is 17.0. The third-order valence-corrected chi connectivity index (χ3v) is 5.96. The van der Waals surface area contributed by atoms with Crippen molar-refractivity contribution in [2.75, 3.05) is 39.0 Å². The number of rotatable bonds is 4. The summed E-state index contributed by atoms with van der Waals surface area (Å²) in [5.74, 6) is 1.75. The smallest absolute Gasteiger partial charge is 0.236 e. The molecule has 1 aromatic rings. The first-order valence-electron chi connectivity index (χ1n) is 9.12. The van der Waals surface area contributed by atoms with E-state index in [1.165, 1.54) is 12.8 Å². The number of piperidine rings is 1. The van der Waals surface area contributed by atoms with Crippen LogP contribution in [-0.2, 0) is 11.8 Å². The third-order valence-electron chi connectivity index (χ3n) is 5.24. The molecule has 1 atom stereocenters. The van der Waals surface area contributed by atoms with Gasteiger partial charge in [0.1, 0.15) is 5.82 Å². The molecular formula is C17H29N5OS. The zero-order valence-electron chi connectivity index (χ0n) is 14.9. The van der Waals surface area contributed by atoms with Crippen molar-refractivity contribution in [2.45, 2.75) is 49.6 Å². The van der Waals surface area contributed by atoms with E-state index in [2.05, 4.69) is 24.6 Å². The predicted octanol–water partition coefficient (Wildman–Crippen LogP) is 2.12. The summed E-state index contributed by atoms with van der Waals surface area (Å²) in [6.07, 6.45) is 9.13. The van der Waals surface area contributed by atoms with Crippen LogP contribution in [0.4, 0.5) is 0 Å². The van der Waals surface area contributed by atoms with Gasteiger partial charge in [0.2, 0.25) is 5.91 Å². The number of hydrogen-bond acceptors (Lipinski definition) is 5. The van der Waals surface area contributed by atoms with Crippen molar-refractivity contribution in [1.29, 1.82) is 0 Å². The highest BCUT2D eigenvalue weighted by Gasteiger charge is 2.28. The van der Waals surface area contributed by atoms with Crippen molar-refractivity contribution >= 4 is 17.7 Å². The molecule has 0 aliphatic carbocycles. The molecule has 0 radical (unpaired) electrons. The SMILES string of the molecule is CSc1nnc([C@H]2CCCN(CC(=O)N3CCCCCC3)C2)n1C. The molecule has 2 fully saturated rings. The number of aromatic nitrogens is 3. The van der Waals surface area contributed by atoms with Crippen LogP contribution in [0.5, 0.6) is 0 Å². The highest BCUT2D eigenvalue weighted by atomic mass is 32.2. The number of thioether (sulfide) groups is 1. The van der Waals surface area contributed by atoms with Gasteiger partial charge in [-0.05, 0) is 38.5 Å². The van der Waals surface area contributed by atoms with Gasteiger partial charge in [0.15, 0.2) is 5.16 Å². The Morgan fingerprint density at radius 3 is 2.54 bits per heavy atom. The number of hydrogen-bond donors (Lipinski definition) is 0. The van der Waals surface area contributed by atoms with E-state index in [1.807, 2.05) is 13.3 Å². The molecule has 0 aromatic carbocycles. The van der Waals surface area contributed by atoms with Gasteiger partial charge in [0.05, 0.1) is 6.54 Å². The Bertz CT molecular complexity index is 553. The molecule has 2 aliphatic rings. The highest BCUT2D eigenvalue weighted by Crippen LogP contribution is 2.27. The molecule has 1 amide bonds. The minimum atomic E-state index is 0.306. The van der Waals surface area contributed by atoms with Crippen molar-refractivity contribution < 1.29 is 4.79 Å². The summed E-state index contributed by atoms with van der Waals surface area (Å²) in [7, 11) is 2.04. The summed E-state index contributed by atoms with van der Waals surface area (Å²) >= 11 is 1.63. The fourth-order valence-electron chi connectivity index (χ4n) is 3.88. The van der Waals surface area contributed by atoms with Crippen LogP contribution in [0.15, 0.2) is 5.16 Å². The van der Waals surface area contributed by atoms with Crippen LogP contribution in [0.3, 0.4) is 0 Å². The fraction of sp³-hybridized carbons (Fsp3) is 0.824. The number of carbonyl (C=O) groups is 1. The standard InChI is InChI=1S/C17H29N5OS/c1-20-16(18-19-17(20)24-2)14-8-7-9-21(12-14)13-15(23)22-10-5-3-4-6-11-22/h14H,3-13H2,1-2H3/t14-/m0/s1. The van der Waals surface area contributed by atoms with E-state index in [4.69, 9.17) is 0 Å². The Morgan fingerprint density at radius 2 is 1.88 bits per heavy atom. The molecule has 1 aromatic heterocycles. The minimum absolute atomic E-state index is 0.306. The van der Waals surface area contributed by atoms with Gasteiger partial charge in [-0.2, -0.15) is 0 Å². The van der Waals surface area contributed by atoms with Gasteiger partial charge in [-0.3, -0.25) is 9.69 Å². The molecule has 0 spiro atoms. The minimum Gasteiger partial charge on any atom is -0.342 e. The number of amides is 1. The van der Waals surface area contributed by atoms with E-state index in [-0.39, 0.29) is 0 Å². The van der Waals surface area contributed by atoms with Crippen LogP contribution in [0.25, 0.3) is 0 Å². The second-order valence-corrected chi connectivity index (χ2v) is 7.75. The first kappa shape index (κ1) is 17.7. The van der Waals surface area contributed by atoms with E-state index in [9.17, 15) is 4.79 Å². The maximum absolute atomic E-state index is 12.6. The number of likely N-dealkylation sites (tertiary alicyclic amines) is 2. The average Bonchev–Trinajstić information content (AvgIpc) is 2.79. The average molecular weight is 352 g/mol. The van der Waals surface area contributed by atoms with Gasteiger partial charge >= 0.3 is 0 Å². The van der Waals surface area contributed by atoms with Gasteiger partial charge in [0.25, 0.3) is 0 Å². The number of nitrogens with zero attached hydrogens (tertiary/aromatic N) is 5. The molecule has 24 heavy (non-hydrogen) atoms. The molecule has 3 rings (SSSR count). The van der Waals surface area contributed by atoms with Gasteiger partial charge in [0, 0.05) is 32.6 Å². The third kappa shape index (κ3) is 4.11. The molecule has 6 nitrogen and oxygen atoms in total. The second kappa shape index (κ2) is 8.34. The molecular weight excluding hydrogens is 322 g/mol. The van der Waals surface area contributed by atoms with Crippen molar-refractivity contribution in [3.63, 3.8) is 0 Å². The Labute approximate surface area is 149 Å². The van der Waals surface area contributed by atoms with E-state index < -0.39 is 0 Å². The zero-order valence-corrected chi connectivity index (χ0v) is 15.7. The van der Waals surface area contributed by atoms with Crippen molar-refractivity contribution in [3.05, 3.63) is 5.82 Å².